The van der Waals surface area contributed by atoms with E-state index in [1.807, 2.05) is 0 Å². The van der Waals surface area contributed by atoms with E-state index in [-0.39, 0.29) is 17.6 Å². The summed E-state index contributed by atoms with van der Waals surface area (Å²) in [6.45, 7) is 0.616. The van der Waals surface area contributed by atoms with Crippen LogP contribution in [0.4, 0.5) is 5.13 Å². The first-order valence-electron chi connectivity index (χ1n) is 6.83. The fourth-order valence-corrected chi connectivity index (χ4v) is 3.68. The summed E-state index contributed by atoms with van der Waals surface area (Å²) < 4.78 is 5.98. The number of ether oxygens (including phenoxy) is 1. The molecule has 0 aromatic carbocycles. The summed E-state index contributed by atoms with van der Waals surface area (Å²) in [6, 6.07) is 0.105. The molecule has 0 bridgehead atoms. The first-order chi connectivity index (χ1) is 9.17. The van der Waals surface area contributed by atoms with Gasteiger partial charge in [-0.2, -0.15) is 0 Å². The van der Waals surface area contributed by atoms with Crippen LogP contribution in [0, 0.1) is 0 Å². The number of nitrogens with zero attached hydrogens (tertiary/aromatic N) is 1. The highest BCUT2D eigenvalue weighted by atomic mass is 32.1. The zero-order chi connectivity index (χ0) is 13.3. The largest absolute Gasteiger partial charge is 0.375 e. The van der Waals surface area contributed by atoms with E-state index in [9.17, 15) is 4.79 Å². The molecule has 1 atom stereocenters. The zero-order valence-corrected chi connectivity index (χ0v) is 11.7. The molecule has 1 saturated carbocycles. The van der Waals surface area contributed by atoms with E-state index in [1.54, 1.807) is 5.38 Å². The molecule has 2 aliphatic rings. The quantitative estimate of drug-likeness (QED) is 0.868. The number of amides is 1. The molecule has 1 aliphatic heterocycles. The van der Waals surface area contributed by atoms with Crippen LogP contribution in [0.3, 0.4) is 0 Å². The lowest BCUT2D eigenvalue weighted by Gasteiger charge is -2.32. The topological polar surface area (TPSA) is 77.2 Å². The Morgan fingerprint density at radius 3 is 2.95 bits per heavy atom. The molecule has 0 radical (unpaired) electrons. The number of hydrogen-bond donors (Lipinski definition) is 2. The normalized spacial score (nSPS) is 25.6. The molecule has 1 aliphatic carbocycles. The number of nitrogens with one attached hydrogen (secondary N) is 1. The van der Waals surface area contributed by atoms with Crippen LogP contribution in [0.25, 0.3) is 0 Å². The van der Waals surface area contributed by atoms with Crippen molar-refractivity contribution < 1.29 is 9.53 Å². The van der Waals surface area contributed by atoms with Gasteiger partial charge in [-0.25, -0.2) is 4.98 Å². The standard InChI is InChI=1S/C13H19N3O2S/c14-12-16-10(8-19-12)11(17)15-9-6-13(18-7-9)4-2-1-3-5-13/h8-9H,1-7H2,(H2,14,16)(H,15,17). The van der Waals surface area contributed by atoms with E-state index in [4.69, 9.17) is 10.5 Å². The van der Waals surface area contributed by atoms with Crippen LogP contribution < -0.4 is 11.1 Å². The lowest BCUT2D eigenvalue weighted by molar-refractivity contribution is -0.0246. The van der Waals surface area contributed by atoms with Crippen LogP contribution in [-0.4, -0.2) is 29.1 Å². The first kappa shape index (κ1) is 12.9. The Morgan fingerprint density at radius 1 is 1.47 bits per heavy atom. The van der Waals surface area contributed by atoms with Gasteiger partial charge in [0.1, 0.15) is 5.69 Å². The van der Waals surface area contributed by atoms with Crippen molar-refractivity contribution in [2.24, 2.45) is 0 Å². The third-order valence-corrected chi connectivity index (χ3v) is 4.74. The van der Waals surface area contributed by atoms with Gasteiger partial charge in [0.15, 0.2) is 5.13 Å². The molecule has 5 nitrogen and oxygen atoms in total. The first-order valence-corrected chi connectivity index (χ1v) is 7.71. The number of nitrogens with two attached hydrogens (primary N) is 1. The summed E-state index contributed by atoms with van der Waals surface area (Å²) in [5, 5.41) is 5.12. The maximum Gasteiger partial charge on any atom is 0.271 e. The molecule has 2 fully saturated rings. The van der Waals surface area contributed by atoms with Gasteiger partial charge in [-0.05, 0) is 19.3 Å². The zero-order valence-electron chi connectivity index (χ0n) is 10.9. The predicted molar refractivity (Wildman–Crippen MR) is 74.2 cm³/mol. The summed E-state index contributed by atoms with van der Waals surface area (Å²) in [5.74, 6) is -0.144. The minimum absolute atomic E-state index is 0.0251. The van der Waals surface area contributed by atoms with Crippen LogP contribution in [0.2, 0.25) is 0 Å². The smallest absolute Gasteiger partial charge is 0.271 e. The Morgan fingerprint density at radius 2 is 2.26 bits per heavy atom. The van der Waals surface area contributed by atoms with Gasteiger partial charge in [-0.3, -0.25) is 4.79 Å². The molecule has 1 amide bonds. The molecule has 2 heterocycles. The van der Waals surface area contributed by atoms with E-state index in [1.165, 1.54) is 30.6 Å². The van der Waals surface area contributed by atoms with Gasteiger partial charge in [0, 0.05) is 5.38 Å². The van der Waals surface area contributed by atoms with Gasteiger partial charge in [-0.15, -0.1) is 11.3 Å². The summed E-state index contributed by atoms with van der Waals surface area (Å²) in [6.07, 6.45) is 6.97. The Bertz CT molecular complexity index is 468. The number of thiazole rings is 1. The highest BCUT2D eigenvalue weighted by Gasteiger charge is 2.41. The third kappa shape index (κ3) is 2.74. The molecule has 1 aromatic heterocycles. The average Bonchev–Trinajstić information content (AvgIpc) is 2.98. The molecule has 1 unspecified atom stereocenters. The second-order valence-electron chi connectivity index (χ2n) is 5.50. The van der Waals surface area contributed by atoms with Crippen molar-refractivity contribution >= 4 is 22.4 Å². The van der Waals surface area contributed by atoms with Crippen molar-refractivity contribution in [2.75, 3.05) is 12.3 Å². The molecule has 1 saturated heterocycles. The van der Waals surface area contributed by atoms with Crippen molar-refractivity contribution in [3.8, 4) is 0 Å². The fraction of sp³-hybridized carbons (Fsp3) is 0.692. The predicted octanol–water partition coefficient (Wildman–Crippen LogP) is 1.95. The minimum Gasteiger partial charge on any atom is -0.375 e. The molecular weight excluding hydrogens is 262 g/mol. The number of anilines is 1. The third-order valence-electron chi connectivity index (χ3n) is 4.06. The SMILES string of the molecule is Nc1nc(C(=O)NC2COC3(CCCCC3)C2)cs1. The maximum atomic E-state index is 12.0. The highest BCUT2D eigenvalue weighted by molar-refractivity contribution is 7.13. The summed E-state index contributed by atoms with van der Waals surface area (Å²) in [7, 11) is 0. The fourth-order valence-electron chi connectivity index (χ4n) is 3.13. The van der Waals surface area contributed by atoms with Gasteiger partial charge in [0.25, 0.3) is 5.91 Å². The van der Waals surface area contributed by atoms with E-state index >= 15 is 0 Å². The Balaban J connectivity index is 1.58. The Hall–Kier alpha value is -1.14. The number of aromatic nitrogens is 1. The second-order valence-corrected chi connectivity index (χ2v) is 6.39. The molecule has 104 valence electrons. The van der Waals surface area contributed by atoms with Crippen LogP contribution in [0.15, 0.2) is 5.38 Å². The van der Waals surface area contributed by atoms with Crippen molar-refractivity contribution in [1.29, 1.82) is 0 Å². The molecule has 1 spiro atoms. The van der Waals surface area contributed by atoms with E-state index in [0.29, 0.717) is 17.4 Å². The van der Waals surface area contributed by atoms with Gasteiger partial charge in [0.2, 0.25) is 0 Å². The minimum atomic E-state index is -0.144. The van der Waals surface area contributed by atoms with Crippen molar-refractivity contribution in [1.82, 2.24) is 10.3 Å². The van der Waals surface area contributed by atoms with Crippen LogP contribution in [0.5, 0.6) is 0 Å². The van der Waals surface area contributed by atoms with Gasteiger partial charge >= 0.3 is 0 Å². The summed E-state index contributed by atoms with van der Waals surface area (Å²) in [4.78, 5) is 16.0. The summed E-state index contributed by atoms with van der Waals surface area (Å²) >= 11 is 1.29. The number of carbonyl (C=O) groups excluding carboxylic acids is 1. The summed E-state index contributed by atoms with van der Waals surface area (Å²) in [5.41, 5.74) is 5.97. The molecule has 1 aromatic rings. The van der Waals surface area contributed by atoms with E-state index in [0.717, 1.165) is 19.3 Å². The van der Waals surface area contributed by atoms with Crippen molar-refractivity contribution in [3.63, 3.8) is 0 Å². The lowest BCUT2D eigenvalue weighted by Crippen LogP contribution is -2.37. The monoisotopic (exact) mass is 281 g/mol. The average molecular weight is 281 g/mol. The van der Waals surface area contributed by atoms with E-state index < -0.39 is 0 Å². The molecule has 19 heavy (non-hydrogen) atoms. The molecule has 6 heteroatoms. The van der Waals surface area contributed by atoms with Crippen molar-refractivity contribution in [3.05, 3.63) is 11.1 Å². The van der Waals surface area contributed by atoms with Crippen LogP contribution in [0.1, 0.15) is 49.0 Å². The van der Waals surface area contributed by atoms with E-state index in [2.05, 4.69) is 10.3 Å². The number of rotatable bonds is 2. The number of hydrogen-bond acceptors (Lipinski definition) is 5. The maximum absolute atomic E-state index is 12.0. The van der Waals surface area contributed by atoms with Crippen molar-refractivity contribution in [2.45, 2.75) is 50.2 Å². The highest BCUT2D eigenvalue weighted by Crippen LogP contribution is 2.39. The van der Waals surface area contributed by atoms with Gasteiger partial charge in [0.05, 0.1) is 18.2 Å². The molecule has 3 N–H and O–H groups in total. The molecule has 3 rings (SSSR count). The Kier molecular flexibility index (Phi) is 3.45. The lowest BCUT2D eigenvalue weighted by atomic mass is 9.82. The van der Waals surface area contributed by atoms with Crippen LogP contribution >= 0.6 is 11.3 Å². The van der Waals surface area contributed by atoms with Gasteiger partial charge in [-0.1, -0.05) is 19.3 Å². The number of carbonyl (C=O) groups is 1. The van der Waals surface area contributed by atoms with Crippen LogP contribution in [-0.2, 0) is 4.74 Å². The molecular formula is C13H19N3O2S. The number of nitrogen functional groups attached to an aromatic ring is 1. The Labute approximate surface area is 116 Å². The van der Waals surface area contributed by atoms with Gasteiger partial charge < -0.3 is 15.8 Å². The second kappa shape index (κ2) is 5.09.